The van der Waals surface area contributed by atoms with Crippen LogP contribution in [-0.4, -0.2) is 160 Å². The van der Waals surface area contributed by atoms with Crippen molar-refractivity contribution in [1.29, 1.82) is 0 Å². The molecule has 1 aliphatic carbocycles. The number of hydrogen-bond donors (Lipinski definition) is 13. The number of amides is 1. The summed E-state index contributed by atoms with van der Waals surface area (Å²) in [5.74, 6) is -0.549. The highest BCUT2D eigenvalue weighted by atomic mass is 16.7. The van der Waals surface area contributed by atoms with Crippen molar-refractivity contribution in [2.45, 2.75) is 112 Å². The lowest BCUT2D eigenvalue weighted by Gasteiger charge is -2.43. The van der Waals surface area contributed by atoms with E-state index in [-0.39, 0.29) is 38.8 Å². The lowest BCUT2D eigenvalue weighted by molar-refractivity contribution is -0.276. The van der Waals surface area contributed by atoms with Crippen molar-refractivity contribution in [3.05, 3.63) is 0 Å². The molecule has 0 bridgehead atoms. The molecular weight excluding hydrogens is 562 g/mol. The van der Waals surface area contributed by atoms with E-state index < -0.39 is 79.4 Å². The summed E-state index contributed by atoms with van der Waals surface area (Å²) in [6.45, 7) is 1.81. The number of ether oxygens (including phenoxy) is 3. The predicted octanol–water partition coefficient (Wildman–Crippen LogP) is -6.12. The molecule has 0 aromatic rings. The minimum Gasteiger partial charge on any atom is -0.400 e. The van der Waals surface area contributed by atoms with E-state index in [9.17, 15) is 25.2 Å². The van der Waals surface area contributed by atoms with E-state index in [1.165, 1.54) is 0 Å². The fraction of sp³-hybridized carbons (Fsp3) is 0.960. The number of aliphatic hydroxyl groups excluding tert-OH is 8. The maximum atomic E-state index is 12.0. The van der Waals surface area contributed by atoms with Gasteiger partial charge >= 0.3 is 0 Å². The van der Waals surface area contributed by atoms with E-state index in [2.05, 4.69) is 15.4 Å². The third-order valence-electron chi connectivity index (χ3n) is 7.02. The number of nitrogens with two attached hydrogens (primary N) is 3. The molecule has 2 aliphatic heterocycles. The Morgan fingerprint density at radius 1 is 0.976 bits per heavy atom. The van der Waals surface area contributed by atoms with Gasteiger partial charge in [0.05, 0.1) is 24.9 Å². The molecule has 2 saturated heterocycles. The summed E-state index contributed by atoms with van der Waals surface area (Å²) >= 11 is 0. The third-order valence-corrected chi connectivity index (χ3v) is 7.02. The average Bonchev–Trinajstić information content (AvgIpc) is 2.95. The fourth-order valence-corrected chi connectivity index (χ4v) is 4.77. The maximum Gasteiger partial charge on any atom is 0.249 e. The second-order valence-electron chi connectivity index (χ2n) is 10.5. The van der Waals surface area contributed by atoms with Crippen LogP contribution >= 0.6 is 0 Å². The Hall–Kier alpha value is -1.13. The highest BCUT2D eigenvalue weighted by Crippen LogP contribution is 2.27. The normalized spacial score (nSPS) is 37.4. The molecule has 9 unspecified atom stereocenters. The zero-order valence-electron chi connectivity index (χ0n) is 24.1. The van der Waals surface area contributed by atoms with Crippen molar-refractivity contribution in [3.63, 3.8) is 0 Å². The summed E-state index contributed by atoms with van der Waals surface area (Å²) < 4.78 is 16.2. The van der Waals surface area contributed by atoms with Gasteiger partial charge in [0.25, 0.3) is 0 Å². The molecule has 1 amide bonds. The number of carbonyl (C=O) groups is 1. The fourth-order valence-electron chi connectivity index (χ4n) is 4.77. The summed E-state index contributed by atoms with van der Waals surface area (Å²) in [4.78, 5) is 12.0. The summed E-state index contributed by atoms with van der Waals surface area (Å²) in [5.41, 5.74) is 17.0. The van der Waals surface area contributed by atoms with Gasteiger partial charge in [-0.15, -0.1) is 0 Å². The molecule has 250 valence electrons. The molecule has 3 aliphatic rings. The number of rotatable bonds is 11. The quantitative estimate of drug-likeness (QED) is 0.0962. The predicted molar refractivity (Wildman–Crippen MR) is 148 cm³/mol. The molecule has 17 nitrogen and oxygen atoms in total. The van der Waals surface area contributed by atoms with E-state index in [4.69, 9.17) is 47.1 Å². The Labute approximate surface area is 245 Å². The Morgan fingerprint density at radius 3 is 2.24 bits per heavy atom. The van der Waals surface area contributed by atoms with Crippen molar-refractivity contribution in [1.82, 2.24) is 10.6 Å². The molecule has 0 aromatic heterocycles. The third kappa shape index (κ3) is 13.2. The summed E-state index contributed by atoms with van der Waals surface area (Å²) in [7, 11) is 1.00. The van der Waals surface area contributed by atoms with Gasteiger partial charge in [-0.2, -0.15) is 0 Å². The van der Waals surface area contributed by atoms with Crippen molar-refractivity contribution in [2.24, 2.45) is 17.2 Å². The monoisotopic (exact) mass is 615 g/mol. The van der Waals surface area contributed by atoms with Crippen LogP contribution in [0.3, 0.4) is 0 Å². The first-order chi connectivity index (χ1) is 20.0. The van der Waals surface area contributed by atoms with Gasteiger partial charge in [-0.3, -0.25) is 4.79 Å². The zero-order valence-corrected chi connectivity index (χ0v) is 24.1. The molecule has 16 N–H and O–H groups in total. The largest absolute Gasteiger partial charge is 0.400 e. The van der Waals surface area contributed by atoms with Crippen molar-refractivity contribution in [2.75, 3.05) is 39.9 Å². The van der Waals surface area contributed by atoms with E-state index in [0.717, 1.165) is 13.5 Å². The lowest BCUT2D eigenvalue weighted by Crippen LogP contribution is -2.59. The van der Waals surface area contributed by atoms with Crippen molar-refractivity contribution >= 4 is 5.91 Å². The standard InChI is InChI=1S/C19H39N5O7.C5H10O4.CH4O/c20-3-1-5-23-9-15-17(28)13(26)8-16(30-15)31-18-11(22)6-10(7-14(18)27)24-19(29)12(25)2-4-21;6-3-1-4(7)5(8)9-2-3;1-2/h10-18,23,25-28H,1-9,20-22H2,(H,24,29);3-8H,1-2H2;2H,1H3/t10?,11?,12?,13?,14?,15?,16-,17+,18-;;/m1../s1. The van der Waals surface area contributed by atoms with Crippen LogP contribution in [0.4, 0.5) is 0 Å². The Morgan fingerprint density at radius 2 is 1.67 bits per heavy atom. The first-order valence-electron chi connectivity index (χ1n) is 14.3. The van der Waals surface area contributed by atoms with Gasteiger partial charge < -0.3 is 82.9 Å². The summed E-state index contributed by atoms with van der Waals surface area (Å²) in [5, 5.41) is 79.8. The number of nitrogens with one attached hydrogen (secondary N) is 2. The highest BCUT2D eigenvalue weighted by Gasteiger charge is 2.42. The van der Waals surface area contributed by atoms with Crippen LogP contribution in [0, 0.1) is 0 Å². The SMILES string of the molecule is CO.NCCCNCC1O[C@H](O[C@@H]2C(N)CC(NC(=O)C(O)CCN)CC2O)CC(O)[C@@H]1O.OC1COC(O)C(O)C1. The minimum atomic E-state index is -1.20. The minimum absolute atomic E-state index is 0.0435. The summed E-state index contributed by atoms with van der Waals surface area (Å²) in [6.07, 6.45) is -7.56. The smallest absolute Gasteiger partial charge is 0.249 e. The molecule has 1 saturated carbocycles. The Bertz CT molecular complexity index is 719. The van der Waals surface area contributed by atoms with Gasteiger partial charge in [-0.1, -0.05) is 0 Å². The topological polar surface area (TPSA) is 309 Å². The number of hydrogen-bond acceptors (Lipinski definition) is 16. The Kier molecular flexibility index (Phi) is 19.2. The van der Waals surface area contributed by atoms with Crippen LogP contribution in [0.25, 0.3) is 0 Å². The average molecular weight is 616 g/mol. The van der Waals surface area contributed by atoms with Gasteiger partial charge in [0, 0.05) is 38.6 Å². The van der Waals surface area contributed by atoms with Gasteiger partial charge in [-0.05, 0) is 45.3 Å². The first kappa shape index (κ1) is 38.9. The van der Waals surface area contributed by atoms with E-state index in [0.29, 0.717) is 26.1 Å². The van der Waals surface area contributed by atoms with Gasteiger partial charge in [0.1, 0.15) is 30.5 Å². The van der Waals surface area contributed by atoms with Gasteiger partial charge in [-0.25, -0.2) is 0 Å². The van der Waals surface area contributed by atoms with Crippen molar-refractivity contribution in [3.8, 4) is 0 Å². The second kappa shape index (κ2) is 20.8. The molecule has 42 heavy (non-hydrogen) atoms. The number of carbonyl (C=O) groups excluding carboxylic acids is 1. The molecule has 3 fully saturated rings. The van der Waals surface area contributed by atoms with Crippen LogP contribution in [0.15, 0.2) is 0 Å². The number of aliphatic hydroxyl groups is 8. The van der Waals surface area contributed by atoms with Crippen LogP contribution < -0.4 is 27.8 Å². The van der Waals surface area contributed by atoms with Gasteiger partial charge in [0.15, 0.2) is 12.6 Å². The van der Waals surface area contributed by atoms with E-state index >= 15 is 0 Å². The zero-order chi connectivity index (χ0) is 31.8. The lowest BCUT2D eigenvalue weighted by atomic mass is 9.86. The molecule has 12 atom stereocenters. The molecule has 0 aromatic carbocycles. The van der Waals surface area contributed by atoms with Crippen LogP contribution in [0.1, 0.15) is 38.5 Å². The second-order valence-corrected chi connectivity index (χ2v) is 10.5. The molecule has 0 radical (unpaired) electrons. The van der Waals surface area contributed by atoms with Crippen molar-refractivity contribution < 1.29 is 59.9 Å². The van der Waals surface area contributed by atoms with Crippen LogP contribution in [0.2, 0.25) is 0 Å². The molecular formula is C25H53N5O12. The Balaban J connectivity index is 0.000000673. The van der Waals surface area contributed by atoms with Crippen LogP contribution in [-0.2, 0) is 19.0 Å². The molecule has 2 heterocycles. The molecule has 3 rings (SSSR count). The first-order valence-corrected chi connectivity index (χ1v) is 14.3. The van der Waals surface area contributed by atoms with E-state index in [1.54, 1.807) is 0 Å². The maximum absolute atomic E-state index is 12.0. The van der Waals surface area contributed by atoms with E-state index in [1.807, 2.05) is 0 Å². The molecule has 0 spiro atoms. The summed E-state index contributed by atoms with van der Waals surface area (Å²) in [6, 6.07) is -1.02. The highest BCUT2D eigenvalue weighted by molar-refractivity contribution is 5.80. The molecule has 17 heteroatoms. The van der Waals surface area contributed by atoms with Crippen LogP contribution in [0.5, 0.6) is 0 Å². The van der Waals surface area contributed by atoms with Gasteiger partial charge in [0.2, 0.25) is 5.91 Å².